The first-order valence-electron chi connectivity index (χ1n) is 3.68. The largest absolute Gasteiger partial charge is 0.238 e. The molecule has 0 radical (unpaired) electrons. The standard InChI is InChI=1S/C8H10N2S/c1-5-7-3-11-4-8(7)10-6(2)9-5/h3-4H2,1-2H3. The number of fused-ring (bicyclic) bond motifs is 1. The van der Waals surface area contributed by atoms with Gasteiger partial charge in [-0.25, -0.2) is 9.97 Å². The first kappa shape index (κ1) is 7.10. The zero-order chi connectivity index (χ0) is 7.84. The van der Waals surface area contributed by atoms with Crippen LogP contribution in [0.4, 0.5) is 0 Å². The summed E-state index contributed by atoms with van der Waals surface area (Å²) in [5.41, 5.74) is 3.78. The van der Waals surface area contributed by atoms with Crippen molar-refractivity contribution in [1.82, 2.24) is 9.97 Å². The number of thioether (sulfide) groups is 1. The van der Waals surface area contributed by atoms with E-state index in [0.717, 1.165) is 23.0 Å². The molecule has 0 aromatic carbocycles. The minimum absolute atomic E-state index is 0.906. The highest BCUT2D eigenvalue weighted by Gasteiger charge is 2.15. The molecule has 58 valence electrons. The Morgan fingerprint density at radius 1 is 1.18 bits per heavy atom. The van der Waals surface area contributed by atoms with Crippen molar-refractivity contribution in [1.29, 1.82) is 0 Å². The number of nitrogens with zero attached hydrogens (tertiary/aromatic N) is 2. The zero-order valence-corrected chi connectivity index (χ0v) is 7.53. The Labute approximate surface area is 70.4 Å². The van der Waals surface area contributed by atoms with Gasteiger partial charge in [-0.05, 0) is 13.8 Å². The topological polar surface area (TPSA) is 25.8 Å². The first-order chi connectivity index (χ1) is 5.27. The summed E-state index contributed by atoms with van der Waals surface area (Å²) in [6, 6.07) is 0. The van der Waals surface area contributed by atoms with Gasteiger partial charge in [0.1, 0.15) is 5.82 Å². The van der Waals surface area contributed by atoms with Crippen molar-refractivity contribution in [3.8, 4) is 0 Å². The Morgan fingerprint density at radius 3 is 2.82 bits per heavy atom. The van der Waals surface area contributed by atoms with E-state index in [0.29, 0.717) is 0 Å². The maximum atomic E-state index is 4.38. The lowest BCUT2D eigenvalue weighted by Crippen LogP contribution is -1.98. The van der Waals surface area contributed by atoms with E-state index in [9.17, 15) is 0 Å². The highest BCUT2D eigenvalue weighted by atomic mass is 32.2. The lowest BCUT2D eigenvalue weighted by molar-refractivity contribution is 0.950. The predicted molar refractivity (Wildman–Crippen MR) is 46.5 cm³/mol. The average Bonchev–Trinajstić information content (AvgIpc) is 2.34. The molecule has 1 aromatic heterocycles. The van der Waals surface area contributed by atoms with Crippen molar-refractivity contribution >= 4 is 11.8 Å². The highest BCUT2D eigenvalue weighted by molar-refractivity contribution is 7.98. The second-order valence-electron chi connectivity index (χ2n) is 2.77. The van der Waals surface area contributed by atoms with Gasteiger partial charge in [-0.15, -0.1) is 0 Å². The number of hydrogen-bond donors (Lipinski definition) is 0. The lowest BCUT2D eigenvalue weighted by Gasteiger charge is -2.01. The molecule has 0 N–H and O–H groups in total. The molecule has 1 aromatic rings. The molecule has 0 amide bonds. The van der Waals surface area contributed by atoms with Crippen LogP contribution in [0.5, 0.6) is 0 Å². The van der Waals surface area contributed by atoms with Crippen LogP contribution in [0.3, 0.4) is 0 Å². The molecule has 11 heavy (non-hydrogen) atoms. The van der Waals surface area contributed by atoms with E-state index in [1.165, 1.54) is 11.3 Å². The van der Waals surface area contributed by atoms with Crippen molar-refractivity contribution in [2.24, 2.45) is 0 Å². The van der Waals surface area contributed by atoms with Crippen LogP contribution in [0.25, 0.3) is 0 Å². The van der Waals surface area contributed by atoms with Gasteiger partial charge in [0.2, 0.25) is 0 Å². The third-order valence-corrected chi connectivity index (χ3v) is 2.87. The molecule has 0 atom stereocenters. The molecule has 0 unspecified atom stereocenters. The molecule has 0 spiro atoms. The molecule has 3 heteroatoms. The van der Waals surface area contributed by atoms with Gasteiger partial charge in [-0.2, -0.15) is 11.8 Å². The van der Waals surface area contributed by atoms with Crippen molar-refractivity contribution in [3.05, 3.63) is 22.8 Å². The van der Waals surface area contributed by atoms with E-state index in [1.807, 2.05) is 18.7 Å². The first-order valence-corrected chi connectivity index (χ1v) is 4.83. The van der Waals surface area contributed by atoms with Crippen LogP contribution in [0.15, 0.2) is 0 Å². The quantitative estimate of drug-likeness (QED) is 0.588. The van der Waals surface area contributed by atoms with Gasteiger partial charge < -0.3 is 0 Å². The summed E-state index contributed by atoms with van der Waals surface area (Å²) in [7, 11) is 0. The Kier molecular flexibility index (Phi) is 1.60. The van der Waals surface area contributed by atoms with E-state index < -0.39 is 0 Å². The van der Waals surface area contributed by atoms with E-state index in [1.54, 1.807) is 0 Å². The van der Waals surface area contributed by atoms with E-state index in [4.69, 9.17) is 0 Å². The molecule has 2 nitrogen and oxygen atoms in total. The molecule has 0 aliphatic carbocycles. The van der Waals surface area contributed by atoms with Gasteiger partial charge in [-0.1, -0.05) is 0 Å². The third kappa shape index (κ3) is 1.13. The summed E-state index contributed by atoms with van der Waals surface area (Å²) in [6.07, 6.45) is 0. The van der Waals surface area contributed by atoms with Crippen LogP contribution < -0.4 is 0 Å². The maximum absolute atomic E-state index is 4.38. The third-order valence-electron chi connectivity index (χ3n) is 1.90. The van der Waals surface area contributed by atoms with Crippen molar-refractivity contribution in [2.45, 2.75) is 25.4 Å². The van der Waals surface area contributed by atoms with Crippen LogP contribution in [-0.2, 0) is 11.5 Å². The van der Waals surface area contributed by atoms with Gasteiger partial charge in [0.25, 0.3) is 0 Å². The van der Waals surface area contributed by atoms with Crippen molar-refractivity contribution in [3.63, 3.8) is 0 Å². The monoisotopic (exact) mass is 166 g/mol. The number of rotatable bonds is 0. The molecule has 0 fully saturated rings. The Bertz CT molecular complexity index is 296. The summed E-state index contributed by atoms with van der Waals surface area (Å²) >= 11 is 1.92. The highest BCUT2D eigenvalue weighted by Crippen LogP contribution is 2.29. The van der Waals surface area contributed by atoms with E-state index in [-0.39, 0.29) is 0 Å². The molecule has 0 saturated carbocycles. The van der Waals surface area contributed by atoms with Gasteiger partial charge in [-0.3, -0.25) is 0 Å². The molecule has 0 bridgehead atoms. The number of hydrogen-bond acceptors (Lipinski definition) is 3. The minimum atomic E-state index is 0.906. The molecule has 0 saturated heterocycles. The zero-order valence-electron chi connectivity index (χ0n) is 6.72. The fourth-order valence-electron chi connectivity index (χ4n) is 1.36. The van der Waals surface area contributed by atoms with Crippen LogP contribution in [-0.4, -0.2) is 9.97 Å². The van der Waals surface area contributed by atoms with Gasteiger partial charge in [0, 0.05) is 22.8 Å². The molecular formula is C8H10N2S. The molecule has 1 aliphatic heterocycles. The summed E-state index contributed by atoms with van der Waals surface area (Å²) in [6.45, 7) is 4.02. The van der Waals surface area contributed by atoms with Gasteiger partial charge in [0.15, 0.2) is 0 Å². The summed E-state index contributed by atoms with van der Waals surface area (Å²) in [5, 5.41) is 0. The van der Waals surface area contributed by atoms with E-state index in [2.05, 4.69) is 16.9 Å². The SMILES string of the molecule is Cc1nc(C)c2c(n1)CSC2. The molecule has 1 aliphatic rings. The second kappa shape index (κ2) is 2.48. The smallest absolute Gasteiger partial charge is 0.125 e. The van der Waals surface area contributed by atoms with Crippen LogP contribution in [0.1, 0.15) is 22.8 Å². The normalized spacial score (nSPS) is 15.1. The van der Waals surface area contributed by atoms with Crippen LogP contribution in [0.2, 0.25) is 0 Å². The molecule has 2 rings (SSSR count). The van der Waals surface area contributed by atoms with E-state index >= 15 is 0 Å². The second-order valence-corrected chi connectivity index (χ2v) is 3.76. The molecule has 2 heterocycles. The van der Waals surface area contributed by atoms with Gasteiger partial charge >= 0.3 is 0 Å². The minimum Gasteiger partial charge on any atom is -0.238 e. The summed E-state index contributed by atoms with van der Waals surface area (Å²) in [5.74, 6) is 3.07. The predicted octanol–water partition coefficient (Wildman–Crippen LogP) is 1.84. The fraction of sp³-hybridized carbons (Fsp3) is 0.500. The summed E-state index contributed by atoms with van der Waals surface area (Å²) < 4.78 is 0. The van der Waals surface area contributed by atoms with Gasteiger partial charge in [0.05, 0.1) is 5.69 Å². The average molecular weight is 166 g/mol. The Hall–Kier alpha value is -0.570. The van der Waals surface area contributed by atoms with Crippen LogP contribution >= 0.6 is 11.8 Å². The molecular weight excluding hydrogens is 156 g/mol. The number of aryl methyl sites for hydroxylation is 2. The fourth-order valence-corrected chi connectivity index (χ4v) is 2.48. The Morgan fingerprint density at radius 2 is 2.00 bits per heavy atom. The lowest BCUT2D eigenvalue weighted by atomic mass is 10.2. The number of aromatic nitrogens is 2. The summed E-state index contributed by atoms with van der Waals surface area (Å²) in [4.78, 5) is 8.70. The van der Waals surface area contributed by atoms with Crippen molar-refractivity contribution < 1.29 is 0 Å². The Balaban J connectivity index is 2.60. The van der Waals surface area contributed by atoms with Crippen molar-refractivity contribution in [2.75, 3.05) is 0 Å². The van der Waals surface area contributed by atoms with Crippen LogP contribution in [0, 0.1) is 13.8 Å². The maximum Gasteiger partial charge on any atom is 0.125 e.